The van der Waals surface area contributed by atoms with Crippen molar-refractivity contribution in [2.75, 3.05) is 13.1 Å². The quantitative estimate of drug-likeness (QED) is 0.437. The van der Waals surface area contributed by atoms with Crippen LogP contribution in [0.1, 0.15) is 116 Å². The van der Waals surface area contributed by atoms with E-state index in [0.29, 0.717) is 34.5 Å². The second-order valence-corrected chi connectivity index (χ2v) is 17.7. The summed E-state index contributed by atoms with van der Waals surface area (Å²) in [4.78, 5) is 28.2. The summed E-state index contributed by atoms with van der Waals surface area (Å²) >= 11 is 0. The van der Waals surface area contributed by atoms with Gasteiger partial charge in [-0.2, -0.15) is 0 Å². The molecule has 0 aromatic carbocycles. The molecule has 0 saturated heterocycles. The summed E-state index contributed by atoms with van der Waals surface area (Å²) < 4.78 is 0. The van der Waals surface area contributed by atoms with E-state index in [1.807, 2.05) is 0 Å². The molecule has 0 aromatic heterocycles. The maximum absolute atomic E-state index is 14.1. The Hall–Kier alpha value is -1.06. The van der Waals surface area contributed by atoms with Crippen LogP contribution in [-0.2, 0) is 9.59 Å². The average molecular weight is 519 g/mol. The minimum atomic E-state index is -0.273. The molecule has 12 fully saturated rings. The maximum atomic E-state index is 14.1. The topological polar surface area (TPSA) is 58.2 Å². The highest BCUT2D eigenvalue weighted by atomic mass is 16.2. The first-order chi connectivity index (χ1) is 18.3. The third kappa shape index (κ3) is 3.52. The minimum absolute atomic E-state index is 0.273. The highest BCUT2D eigenvalue weighted by Gasteiger charge is 2.63. The van der Waals surface area contributed by atoms with Crippen LogP contribution >= 0.6 is 0 Å². The van der Waals surface area contributed by atoms with Crippen LogP contribution in [0.4, 0.5) is 0 Å². The van der Waals surface area contributed by atoms with E-state index >= 15 is 0 Å². The Labute approximate surface area is 229 Å². The van der Waals surface area contributed by atoms with E-state index in [1.165, 1.54) is 83.5 Å². The van der Waals surface area contributed by atoms with Crippen LogP contribution in [0.25, 0.3) is 0 Å². The largest absolute Gasteiger partial charge is 0.355 e. The molecule has 12 aliphatic carbocycles. The van der Waals surface area contributed by atoms with Gasteiger partial charge in [0.2, 0.25) is 11.8 Å². The minimum Gasteiger partial charge on any atom is -0.355 e. The van der Waals surface area contributed by atoms with Gasteiger partial charge in [0.1, 0.15) is 0 Å². The van der Waals surface area contributed by atoms with Crippen LogP contribution in [0.5, 0.6) is 0 Å². The molecule has 4 nitrogen and oxygen atoms in total. The van der Waals surface area contributed by atoms with Crippen molar-refractivity contribution < 1.29 is 9.59 Å². The number of carbonyl (C=O) groups excluding carboxylic acids is 2. The Bertz CT molecular complexity index is 883. The molecule has 208 valence electrons. The fraction of sp³-hybridized carbons (Fsp3) is 0.941. The van der Waals surface area contributed by atoms with E-state index < -0.39 is 0 Å². The SMILES string of the molecule is O=C(NCC12CC3CC(CC(C3)C1)C2)C12CC3CC(C1)CC(C(=O)NCC14CC5CC(CC(C5)C1)C4)(C3)C2. The molecule has 0 atom stereocenters. The van der Waals surface area contributed by atoms with Gasteiger partial charge in [-0.25, -0.2) is 0 Å². The van der Waals surface area contributed by atoms with Crippen LogP contribution in [0.2, 0.25) is 0 Å². The lowest BCUT2D eigenvalue weighted by molar-refractivity contribution is -0.169. The predicted molar refractivity (Wildman–Crippen MR) is 147 cm³/mol. The van der Waals surface area contributed by atoms with Gasteiger partial charge in [0.25, 0.3) is 0 Å². The predicted octanol–water partition coefficient (Wildman–Crippen LogP) is 6.24. The molecule has 0 unspecified atom stereocenters. The molecule has 38 heavy (non-hydrogen) atoms. The second kappa shape index (κ2) is 7.81. The molecule has 0 aromatic rings. The summed E-state index contributed by atoms with van der Waals surface area (Å²) in [7, 11) is 0. The number of rotatable bonds is 6. The summed E-state index contributed by atoms with van der Waals surface area (Å²) in [6.45, 7) is 1.83. The van der Waals surface area contributed by atoms with Crippen LogP contribution < -0.4 is 10.6 Å². The van der Waals surface area contributed by atoms with Gasteiger partial charge in [-0.1, -0.05) is 0 Å². The average Bonchev–Trinajstić information content (AvgIpc) is 2.83. The van der Waals surface area contributed by atoms with Crippen LogP contribution in [-0.4, -0.2) is 24.9 Å². The van der Waals surface area contributed by atoms with Crippen LogP contribution in [0, 0.1) is 69.0 Å². The Morgan fingerprint density at radius 2 is 0.737 bits per heavy atom. The van der Waals surface area contributed by atoms with Gasteiger partial charge in [-0.05, 0) is 174 Å². The zero-order valence-corrected chi connectivity index (χ0v) is 23.6. The van der Waals surface area contributed by atoms with Crippen molar-refractivity contribution in [3.63, 3.8) is 0 Å². The lowest BCUT2D eigenvalue weighted by Crippen LogP contribution is -2.63. The van der Waals surface area contributed by atoms with E-state index in [2.05, 4.69) is 10.6 Å². The van der Waals surface area contributed by atoms with Crippen molar-refractivity contribution in [3.05, 3.63) is 0 Å². The summed E-state index contributed by atoms with van der Waals surface area (Å²) in [6.07, 6.45) is 23.1. The lowest BCUT2D eigenvalue weighted by Gasteiger charge is -2.61. The molecule has 12 saturated carbocycles. The maximum Gasteiger partial charge on any atom is 0.226 e. The molecule has 12 bridgehead atoms. The van der Waals surface area contributed by atoms with Gasteiger partial charge in [-0.3, -0.25) is 9.59 Å². The smallest absolute Gasteiger partial charge is 0.226 e. The normalized spacial score (nSPS) is 56.4. The Morgan fingerprint density at radius 3 is 1.05 bits per heavy atom. The number of carbonyl (C=O) groups is 2. The van der Waals surface area contributed by atoms with Crippen molar-refractivity contribution in [3.8, 4) is 0 Å². The molecule has 0 heterocycles. The van der Waals surface area contributed by atoms with Crippen molar-refractivity contribution in [2.45, 2.75) is 116 Å². The first-order valence-electron chi connectivity index (χ1n) is 16.9. The first-order valence-corrected chi connectivity index (χ1v) is 16.9. The van der Waals surface area contributed by atoms with Crippen molar-refractivity contribution >= 4 is 11.8 Å². The Morgan fingerprint density at radius 1 is 0.447 bits per heavy atom. The molecule has 12 aliphatic rings. The Kier molecular flexibility index (Phi) is 4.86. The highest BCUT2D eigenvalue weighted by molar-refractivity contribution is 5.88. The summed E-state index contributed by atoms with van der Waals surface area (Å²) in [5.74, 6) is 7.40. The number of hydrogen-bond donors (Lipinski definition) is 2. The van der Waals surface area contributed by atoms with Gasteiger partial charge >= 0.3 is 0 Å². The molecular weight excluding hydrogens is 468 g/mol. The zero-order valence-electron chi connectivity index (χ0n) is 23.6. The second-order valence-electron chi connectivity index (χ2n) is 17.7. The van der Waals surface area contributed by atoms with Crippen molar-refractivity contribution in [1.82, 2.24) is 10.6 Å². The van der Waals surface area contributed by atoms with E-state index in [9.17, 15) is 9.59 Å². The molecule has 4 heteroatoms. The van der Waals surface area contributed by atoms with Gasteiger partial charge in [0, 0.05) is 13.1 Å². The summed E-state index contributed by atoms with van der Waals surface area (Å²) in [6, 6.07) is 0. The van der Waals surface area contributed by atoms with E-state index in [-0.39, 0.29) is 10.8 Å². The van der Waals surface area contributed by atoms with Gasteiger partial charge in [0.05, 0.1) is 10.8 Å². The summed E-state index contributed by atoms with van der Waals surface area (Å²) in [5, 5.41) is 7.21. The van der Waals surface area contributed by atoms with Crippen LogP contribution in [0.3, 0.4) is 0 Å². The standard InChI is InChI=1S/C34H50N2O2/c37-29(35-19-31-8-21-1-22(9-31)3-23(2-21)10-31)33-14-27-7-28(15-33)17-34(16-27,18-33)30(38)36-20-32-11-24-4-25(12-32)6-26(5-24)13-32/h21-28H,1-20H2,(H,35,37)(H,36,38). The van der Waals surface area contributed by atoms with Gasteiger partial charge < -0.3 is 10.6 Å². The molecule has 2 N–H and O–H groups in total. The van der Waals surface area contributed by atoms with E-state index in [0.717, 1.165) is 80.7 Å². The van der Waals surface area contributed by atoms with Gasteiger partial charge in [0.15, 0.2) is 0 Å². The van der Waals surface area contributed by atoms with Crippen LogP contribution in [0.15, 0.2) is 0 Å². The third-order valence-electron chi connectivity index (χ3n) is 14.6. The molecular formula is C34H50N2O2. The molecule has 0 radical (unpaired) electrons. The number of nitrogens with one attached hydrogen (secondary N) is 2. The highest BCUT2D eigenvalue weighted by Crippen LogP contribution is 2.66. The molecule has 12 rings (SSSR count). The number of amides is 2. The van der Waals surface area contributed by atoms with Crippen molar-refractivity contribution in [1.29, 1.82) is 0 Å². The van der Waals surface area contributed by atoms with E-state index in [4.69, 9.17) is 0 Å². The van der Waals surface area contributed by atoms with Gasteiger partial charge in [-0.15, -0.1) is 0 Å². The fourth-order valence-electron chi connectivity index (χ4n) is 14.7. The monoisotopic (exact) mass is 518 g/mol. The van der Waals surface area contributed by atoms with Crippen molar-refractivity contribution in [2.24, 2.45) is 69.0 Å². The summed E-state index contributed by atoms with van der Waals surface area (Å²) in [5.41, 5.74) is 0.230. The molecule has 2 amide bonds. The Balaban J connectivity index is 0.899. The first kappa shape index (κ1) is 23.6. The fourth-order valence-corrected chi connectivity index (χ4v) is 14.7. The molecule has 0 spiro atoms. The lowest BCUT2D eigenvalue weighted by atomic mass is 9.43. The zero-order chi connectivity index (χ0) is 25.3. The number of hydrogen-bond acceptors (Lipinski definition) is 2. The van der Waals surface area contributed by atoms with E-state index in [1.54, 1.807) is 0 Å². The third-order valence-corrected chi connectivity index (χ3v) is 14.6. The molecule has 0 aliphatic heterocycles.